The normalized spacial score (nSPS) is 10.7. The molecule has 86 valence electrons. The number of benzene rings is 1. The smallest absolute Gasteiger partial charge is 0.330 e. The molecule has 0 bridgehead atoms. The van der Waals surface area contributed by atoms with Gasteiger partial charge in [-0.3, -0.25) is 0 Å². The molecule has 1 rings (SSSR count). The van der Waals surface area contributed by atoms with Gasteiger partial charge in [-0.1, -0.05) is 0 Å². The van der Waals surface area contributed by atoms with E-state index in [1.807, 2.05) is 0 Å². The van der Waals surface area contributed by atoms with Gasteiger partial charge in [-0.25, -0.2) is 13.6 Å². The molecule has 0 aliphatic heterocycles. The maximum Gasteiger partial charge on any atom is 0.330 e. The lowest BCUT2D eigenvalue weighted by atomic mass is 10.1. The van der Waals surface area contributed by atoms with Crippen LogP contribution in [0, 0.1) is 11.6 Å². The third kappa shape index (κ3) is 3.05. The van der Waals surface area contributed by atoms with Crippen LogP contribution in [0.5, 0.6) is 5.75 Å². The van der Waals surface area contributed by atoms with Crippen LogP contribution < -0.4 is 0 Å². The maximum atomic E-state index is 12.8. The van der Waals surface area contributed by atoms with Gasteiger partial charge < -0.3 is 9.84 Å². The van der Waals surface area contributed by atoms with E-state index in [1.165, 1.54) is 0 Å². The quantitative estimate of drug-likeness (QED) is 0.637. The van der Waals surface area contributed by atoms with Gasteiger partial charge in [0.2, 0.25) is 0 Å². The van der Waals surface area contributed by atoms with Crippen molar-refractivity contribution in [3.63, 3.8) is 0 Å². The second kappa shape index (κ2) is 5.25. The first-order valence-electron chi connectivity index (χ1n) is 4.57. The second-order valence-electron chi connectivity index (χ2n) is 2.91. The zero-order valence-electron chi connectivity index (χ0n) is 8.54. The van der Waals surface area contributed by atoms with E-state index in [2.05, 4.69) is 4.74 Å². The monoisotopic (exact) mass is 228 g/mol. The van der Waals surface area contributed by atoms with Crippen molar-refractivity contribution in [1.29, 1.82) is 0 Å². The van der Waals surface area contributed by atoms with Crippen LogP contribution in [0.3, 0.4) is 0 Å². The first-order valence-corrected chi connectivity index (χ1v) is 4.57. The summed E-state index contributed by atoms with van der Waals surface area (Å²) in [5, 5.41) is 9.25. The van der Waals surface area contributed by atoms with Crippen LogP contribution in [0.25, 0.3) is 6.08 Å². The van der Waals surface area contributed by atoms with E-state index >= 15 is 0 Å². The van der Waals surface area contributed by atoms with Crippen molar-refractivity contribution < 1.29 is 23.4 Å². The average Bonchev–Trinajstić information content (AvgIpc) is 2.22. The lowest BCUT2D eigenvalue weighted by Crippen LogP contribution is -1.98. The summed E-state index contributed by atoms with van der Waals surface area (Å²) in [5.74, 6) is -3.31. The van der Waals surface area contributed by atoms with E-state index < -0.39 is 23.4 Å². The fraction of sp³-hybridized carbons (Fsp3) is 0.182. The molecule has 0 unspecified atom stereocenters. The molecule has 1 N–H and O–H groups in total. The highest BCUT2D eigenvalue weighted by Gasteiger charge is 2.07. The predicted molar refractivity (Wildman–Crippen MR) is 53.7 cm³/mol. The highest BCUT2D eigenvalue weighted by atomic mass is 19.2. The van der Waals surface area contributed by atoms with Gasteiger partial charge in [0, 0.05) is 17.7 Å². The molecule has 0 aliphatic carbocycles. The van der Waals surface area contributed by atoms with Crippen molar-refractivity contribution in [3.05, 3.63) is 35.4 Å². The highest BCUT2D eigenvalue weighted by molar-refractivity contribution is 5.87. The van der Waals surface area contributed by atoms with Gasteiger partial charge in [0.25, 0.3) is 0 Å². The molecule has 0 atom stereocenters. The fourth-order valence-corrected chi connectivity index (χ4v) is 1.03. The van der Waals surface area contributed by atoms with Gasteiger partial charge in [0.15, 0.2) is 11.6 Å². The summed E-state index contributed by atoms with van der Waals surface area (Å²) in [7, 11) is 0. The van der Waals surface area contributed by atoms with Crippen LogP contribution in [-0.4, -0.2) is 17.7 Å². The maximum absolute atomic E-state index is 12.8. The Balaban J connectivity index is 2.89. The summed E-state index contributed by atoms with van der Waals surface area (Å²) in [6, 6.07) is 1.43. The molecule has 0 heterocycles. The van der Waals surface area contributed by atoms with Crippen LogP contribution in [-0.2, 0) is 9.53 Å². The van der Waals surface area contributed by atoms with Crippen LogP contribution >= 0.6 is 0 Å². The molecule has 1 aromatic rings. The number of phenols is 1. The van der Waals surface area contributed by atoms with Gasteiger partial charge in [0.05, 0.1) is 6.61 Å². The summed E-state index contributed by atoms with van der Waals surface area (Å²) in [5.41, 5.74) is 0.00644. The molecule has 0 fully saturated rings. The van der Waals surface area contributed by atoms with Gasteiger partial charge >= 0.3 is 5.97 Å². The topological polar surface area (TPSA) is 46.5 Å². The van der Waals surface area contributed by atoms with Crippen LogP contribution in [0.4, 0.5) is 8.78 Å². The van der Waals surface area contributed by atoms with Crippen LogP contribution in [0.2, 0.25) is 0 Å². The Morgan fingerprint density at radius 3 is 2.69 bits per heavy atom. The number of ether oxygens (including phenoxy) is 1. The van der Waals surface area contributed by atoms with Gasteiger partial charge in [-0.05, 0) is 19.1 Å². The number of rotatable bonds is 3. The highest BCUT2D eigenvalue weighted by Crippen LogP contribution is 2.22. The van der Waals surface area contributed by atoms with Crippen molar-refractivity contribution in [2.75, 3.05) is 6.61 Å². The number of esters is 1. The molecule has 1 aromatic carbocycles. The lowest BCUT2D eigenvalue weighted by Gasteiger charge is -2.00. The van der Waals surface area contributed by atoms with E-state index in [1.54, 1.807) is 6.92 Å². The number of halogens is 2. The first kappa shape index (κ1) is 12.2. The molecule has 0 radical (unpaired) electrons. The summed E-state index contributed by atoms with van der Waals surface area (Å²) < 4.78 is 30.0. The third-order valence-electron chi connectivity index (χ3n) is 1.76. The number of hydrogen-bond acceptors (Lipinski definition) is 3. The van der Waals surface area contributed by atoms with Gasteiger partial charge in [-0.15, -0.1) is 0 Å². The largest absolute Gasteiger partial charge is 0.507 e. The number of carbonyl (C=O) groups excluding carboxylic acids is 1. The molecule has 0 saturated carbocycles. The van der Waals surface area contributed by atoms with Crippen molar-refractivity contribution >= 4 is 12.0 Å². The van der Waals surface area contributed by atoms with Crippen molar-refractivity contribution in [3.8, 4) is 5.75 Å². The van der Waals surface area contributed by atoms with E-state index in [0.29, 0.717) is 6.07 Å². The fourth-order valence-electron chi connectivity index (χ4n) is 1.03. The Bertz CT molecular complexity index is 427. The van der Waals surface area contributed by atoms with Crippen molar-refractivity contribution in [2.24, 2.45) is 0 Å². The SMILES string of the molecule is CCOC(=O)C=Cc1cc(F)c(F)cc1O. The minimum absolute atomic E-state index is 0.00644. The number of carbonyl (C=O) groups is 1. The van der Waals surface area contributed by atoms with E-state index in [-0.39, 0.29) is 12.2 Å². The molecule has 5 heteroatoms. The Hall–Kier alpha value is -1.91. The Morgan fingerprint density at radius 1 is 1.44 bits per heavy atom. The van der Waals surface area contributed by atoms with Crippen molar-refractivity contribution in [1.82, 2.24) is 0 Å². The number of hydrogen-bond donors (Lipinski definition) is 1. The molecule has 0 aliphatic rings. The average molecular weight is 228 g/mol. The predicted octanol–water partition coefficient (Wildman–Crippen LogP) is 2.25. The molecule has 0 amide bonds. The first-order chi connectivity index (χ1) is 7.54. The van der Waals surface area contributed by atoms with Crippen LogP contribution in [0.1, 0.15) is 12.5 Å². The summed E-state index contributed by atoms with van der Waals surface area (Å²) in [6.07, 6.45) is 2.17. The van der Waals surface area contributed by atoms with E-state index in [0.717, 1.165) is 18.2 Å². The van der Waals surface area contributed by atoms with E-state index in [4.69, 9.17) is 0 Å². The number of phenolic OH excluding ortho intramolecular Hbond substituents is 1. The molecular weight excluding hydrogens is 218 g/mol. The molecule has 16 heavy (non-hydrogen) atoms. The minimum atomic E-state index is -1.15. The Morgan fingerprint density at radius 2 is 2.06 bits per heavy atom. The minimum Gasteiger partial charge on any atom is -0.507 e. The van der Waals surface area contributed by atoms with Crippen LogP contribution in [0.15, 0.2) is 18.2 Å². The second-order valence-corrected chi connectivity index (χ2v) is 2.91. The van der Waals surface area contributed by atoms with Crippen molar-refractivity contribution in [2.45, 2.75) is 6.92 Å². The summed E-state index contributed by atoms with van der Waals surface area (Å²) >= 11 is 0. The lowest BCUT2D eigenvalue weighted by molar-refractivity contribution is -0.137. The molecule has 0 spiro atoms. The van der Waals surface area contributed by atoms with E-state index in [9.17, 15) is 18.7 Å². The standard InChI is InChI=1S/C11H10F2O3/c1-2-16-11(15)4-3-7-5-8(12)9(13)6-10(7)14/h3-6,14H,2H2,1H3. The zero-order valence-corrected chi connectivity index (χ0v) is 8.54. The third-order valence-corrected chi connectivity index (χ3v) is 1.76. The Kier molecular flexibility index (Phi) is 3.99. The van der Waals surface area contributed by atoms with Gasteiger partial charge in [-0.2, -0.15) is 0 Å². The molecule has 3 nitrogen and oxygen atoms in total. The summed E-state index contributed by atoms with van der Waals surface area (Å²) in [6.45, 7) is 1.85. The molecular formula is C11H10F2O3. The molecule has 0 aromatic heterocycles. The Labute approximate surface area is 91.0 Å². The summed E-state index contributed by atoms with van der Waals surface area (Å²) in [4.78, 5) is 10.9. The van der Waals surface area contributed by atoms with Gasteiger partial charge in [0.1, 0.15) is 5.75 Å². The molecule has 0 saturated heterocycles. The zero-order chi connectivity index (χ0) is 12.1. The number of aromatic hydroxyl groups is 1.